The zero-order valence-electron chi connectivity index (χ0n) is 17.7. The summed E-state index contributed by atoms with van der Waals surface area (Å²) in [5, 5.41) is 20.2. The van der Waals surface area contributed by atoms with E-state index in [0.29, 0.717) is 29.3 Å². The highest BCUT2D eigenvalue weighted by molar-refractivity contribution is 5.96. The number of nitrogens with one attached hydrogen (secondary N) is 1. The zero-order chi connectivity index (χ0) is 22.5. The molecule has 0 radical (unpaired) electrons. The molecular weight excluding hydrogens is 414 g/mol. The molecule has 0 unspecified atom stereocenters. The van der Waals surface area contributed by atoms with Gasteiger partial charge in [-0.3, -0.25) is 4.79 Å². The second kappa shape index (κ2) is 9.73. The summed E-state index contributed by atoms with van der Waals surface area (Å²) in [5.74, 6) is -0.142. The van der Waals surface area contributed by atoms with Crippen molar-refractivity contribution in [1.82, 2.24) is 25.3 Å². The molecule has 1 aromatic carbocycles. The van der Waals surface area contributed by atoms with Gasteiger partial charge in [-0.15, -0.1) is 0 Å². The molecule has 2 aromatic heterocycles. The summed E-state index contributed by atoms with van der Waals surface area (Å²) < 4.78 is 11.3. The average molecular weight is 439 g/mol. The van der Waals surface area contributed by atoms with Gasteiger partial charge in [0.1, 0.15) is 29.0 Å². The molecule has 0 atom stereocenters. The van der Waals surface area contributed by atoms with E-state index >= 15 is 0 Å². The second-order valence-electron chi connectivity index (χ2n) is 7.86. The van der Waals surface area contributed by atoms with Crippen LogP contribution in [0.4, 0.5) is 0 Å². The number of ether oxygens (including phenoxy) is 2. The van der Waals surface area contributed by atoms with Crippen LogP contribution >= 0.6 is 0 Å². The van der Waals surface area contributed by atoms with Gasteiger partial charge in [-0.1, -0.05) is 0 Å². The molecule has 1 aliphatic rings. The Bertz CT molecular complexity index is 1110. The smallest absolute Gasteiger partial charge is 0.329 e. The van der Waals surface area contributed by atoms with Crippen LogP contribution in [0.3, 0.4) is 0 Å². The number of hydrogen-bond donors (Lipinski definition) is 2. The number of nitrogens with zero attached hydrogens (tertiary/aromatic N) is 4. The number of aromatic nitrogens is 4. The van der Waals surface area contributed by atoms with Gasteiger partial charge in [0.05, 0.1) is 6.10 Å². The van der Waals surface area contributed by atoms with Crippen molar-refractivity contribution in [3.8, 4) is 11.6 Å². The summed E-state index contributed by atoms with van der Waals surface area (Å²) in [5.41, 5.74) is 1.79. The van der Waals surface area contributed by atoms with Crippen LogP contribution in [0.2, 0.25) is 0 Å². The number of carboxylic acids is 1. The van der Waals surface area contributed by atoms with Crippen LogP contribution in [-0.4, -0.2) is 56.2 Å². The van der Waals surface area contributed by atoms with Gasteiger partial charge in [-0.05, 0) is 55.9 Å². The van der Waals surface area contributed by atoms with Crippen LogP contribution in [0.25, 0.3) is 11.0 Å². The van der Waals surface area contributed by atoms with Crippen LogP contribution < -0.4 is 10.1 Å². The molecule has 3 aromatic rings. The number of carboxylic acid groups (broad SMARTS) is 1. The first kappa shape index (κ1) is 21.7. The number of amides is 1. The molecule has 4 rings (SSSR count). The largest absolute Gasteiger partial charge is 0.480 e. The standard InChI is InChI=1S/C22H25N5O5/c1-27-25-18-9-8-16(11-19(18)26-27)32-22-17(3-2-10-23-22)21(30)24-12-14-4-6-15(7-5-14)31-13-20(28)29/h2-3,8-11,14-15H,4-7,12-13H2,1H3,(H,24,30)(H,28,29). The number of aliphatic carboxylic acids is 1. The first-order chi connectivity index (χ1) is 15.5. The molecule has 0 aliphatic heterocycles. The third kappa shape index (κ3) is 5.38. The van der Waals surface area contributed by atoms with Gasteiger partial charge in [0.15, 0.2) is 0 Å². The van der Waals surface area contributed by atoms with Crippen LogP contribution in [0.5, 0.6) is 11.6 Å². The highest BCUT2D eigenvalue weighted by Crippen LogP contribution is 2.27. The Morgan fingerprint density at radius 1 is 1.16 bits per heavy atom. The topological polar surface area (TPSA) is 128 Å². The third-order valence-corrected chi connectivity index (χ3v) is 5.47. The average Bonchev–Trinajstić information content (AvgIpc) is 3.16. The second-order valence-corrected chi connectivity index (χ2v) is 7.86. The summed E-state index contributed by atoms with van der Waals surface area (Å²) in [7, 11) is 1.75. The molecule has 0 saturated heterocycles. The lowest BCUT2D eigenvalue weighted by molar-refractivity contribution is -0.145. The minimum absolute atomic E-state index is 0.0250. The lowest BCUT2D eigenvalue weighted by Crippen LogP contribution is -2.33. The van der Waals surface area contributed by atoms with Crippen molar-refractivity contribution in [2.45, 2.75) is 31.8 Å². The number of carbonyl (C=O) groups excluding carboxylic acids is 1. The molecule has 10 nitrogen and oxygen atoms in total. The van der Waals surface area contributed by atoms with E-state index < -0.39 is 5.97 Å². The molecule has 1 amide bonds. The maximum absolute atomic E-state index is 12.8. The predicted molar refractivity (Wildman–Crippen MR) is 114 cm³/mol. The molecule has 2 N–H and O–H groups in total. The lowest BCUT2D eigenvalue weighted by atomic mass is 9.87. The summed E-state index contributed by atoms with van der Waals surface area (Å²) >= 11 is 0. The Morgan fingerprint density at radius 2 is 1.94 bits per heavy atom. The lowest BCUT2D eigenvalue weighted by Gasteiger charge is -2.28. The van der Waals surface area contributed by atoms with Crippen LogP contribution in [0.15, 0.2) is 36.5 Å². The molecule has 1 saturated carbocycles. The highest BCUT2D eigenvalue weighted by atomic mass is 16.5. The van der Waals surface area contributed by atoms with Gasteiger partial charge < -0.3 is 19.9 Å². The minimum Gasteiger partial charge on any atom is -0.480 e. The molecule has 10 heteroatoms. The van der Waals surface area contributed by atoms with Crippen molar-refractivity contribution in [2.24, 2.45) is 13.0 Å². The molecule has 1 aliphatic carbocycles. The van der Waals surface area contributed by atoms with E-state index in [1.807, 2.05) is 0 Å². The van der Waals surface area contributed by atoms with Crippen molar-refractivity contribution >= 4 is 22.9 Å². The summed E-state index contributed by atoms with van der Waals surface area (Å²) in [6, 6.07) is 8.69. The van der Waals surface area contributed by atoms with E-state index in [4.69, 9.17) is 14.6 Å². The monoisotopic (exact) mass is 439 g/mol. The van der Waals surface area contributed by atoms with Gasteiger partial charge in [-0.2, -0.15) is 15.0 Å². The maximum Gasteiger partial charge on any atom is 0.329 e. The van der Waals surface area contributed by atoms with Crippen molar-refractivity contribution in [1.29, 1.82) is 0 Å². The predicted octanol–water partition coefficient (Wildman–Crippen LogP) is 2.55. The Morgan fingerprint density at radius 3 is 2.72 bits per heavy atom. The fourth-order valence-electron chi connectivity index (χ4n) is 3.85. The van der Waals surface area contributed by atoms with Gasteiger partial charge in [0.25, 0.3) is 5.91 Å². The molecule has 0 spiro atoms. The van der Waals surface area contributed by atoms with E-state index in [2.05, 4.69) is 20.5 Å². The Labute approximate surface area is 184 Å². The molecule has 1 fully saturated rings. The fourth-order valence-corrected chi connectivity index (χ4v) is 3.85. The molecule has 32 heavy (non-hydrogen) atoms. The van der Waals surface area contributed by atoms with Crippen molar-refractivity contribution in [3.05, 3.63) is 42.1 Å². The van der Waals surface area contributed by atoms with Gasteiger partial charge in [-0.25, -0.2) is 9.78 Å². The number of pyridine rings is 1. The quantitative estimate of drug-likeness (QED) is 0.548. The normalized spacial score (nSPS) is 18.4. The van der Waals surface area contributed by atoms with Crippen LogP contribution in [-0.2, 0) is 16.6 Å². The number of carbonyl (C=O) groups is 2. The number of fused-ring (bicyclic) bond motifs is 1. The zero-order valence-corrected chi connectivity index (χ0v) is 17.7. The third-order valence-electron chi connectivity index (χ3n) is 5.47. The number of aryl methyl sites for hydroxylation is 1. The molecule has 168 valence electrons. The first-order valence-corrected chi connectivity index (χ1v) is 10.5. The van der Waals surface area contributed by atoms with Gasteiger partial charge >= 0.3 is 5.97 Å². The van der Waals surface area contributed by atoms with Crippen molar-refractivity contribution in [2.75, 3.05) is 13.2 Å². The van der Waals surface area contributed by atoms with Crippen molar-refractivity contribution in [3.63, 3.8) is 0 Å². The number of benzene rings is 1. The summed E-state index contributed by atoms with van der Waals surface area (Å²) in [6.07, 6.45) is 4.88. The highest BCUT2D eigenvalue weighted by Gasteiger charge is 2.23. The Balaban J connectivity index is 1.34. The molecule has 0 bridgehead atoms. The Kier molecular flexibility index (Phi) is 6.60. The van der Waals surface area contributed by atoms with E-state index in [-0.39, 0.29) is 24.5 Å². The van der Waals surface area contributed by atoms with E-state index in [1.54, 1.807) is 43.6 Å². The maximum atomic E-state index is 12.8. The van der Waals surface area contributed by atoms with E-state index in [1.165, 1.54) is 4.80 Å². The first-order valence-electron chi connectivity index (χ1n) is 10.5. The van der Waals surface area contributed by atoms with E-state index in [9.17, 15) is 9.59 Å². The van der Waals surface area contributed by atoms with Crippen LogP contribution in [0.1, 0.15) is 36.0 Å². The van der Waals surface area contributed by atoms with E-state index in [0.717, 1.165) is 31.2 Å². The van der Waals surface area contributed by atoms with Crippen molar-refractivity contribution < 1.29 is 24.2 Å². The minimum atomic E-state index is -0.953. The SMILES string of the molecule is Cn1nc2ccc(Oc3ncccc3C(=O)NCC3CCC(OCC(=O)O)CC3)cc2n1. The molecular formula is C22H25N5O5. The van der Waals surface area contributed by atoms with Gasteiger partial charge in [0.2, 0.25) is 5.88 Å². The summed E-state index contributed by atoms with van der Waals surface area (Å²) in [4.78, 5) is 29.2. The summed E-state index contributed by atoms with van der Waals surface area (Å²) in [6.45, 7) is 0.268. The Hall–Kier alpha value is -3.53. The number of rotatable bonds is 8. The van der Waals surface area contributed by atoms with Gasteiger partial charge in [0, 0.05) is 25.9 Å². The molecule has 2 heterocycles. The number of hydrogen-bond acceptors (Lipinski definition) is 7. The fraction of sp³-hybridized carbons (Fsp3) is 0.409. The van der Waals surface area contributed by atoms with Crippen LogP contribution in [0, 0.1) is 5.92 Å².